The number of thioether (sulfide) groups is 1. The summed E-state index contributed by atoms with van der Waals surface area (Å²) in [5, 5.41) is 3.91. The number of anilines is 1. The van der Waals surface area contributed by atoms with E-state index in [1.807, 2.05) is 24.3 Å². The minimum atomic E-state index is 0.401. The van der Waals surface area contributed by atoms with Crippen LogP contribution in [0.4, 0.5) is 5.69 Å². The van der Waals surface area contributed by atoms with Crippen molar-refractivity contribution in [3.8, 4) is 11.7 Å². The van der Waals surface area contributed by atoms with Crippen LogP contribution in [0.15, 0.2) is 56.5 Å². The van der Waals surface area contributed by atoms with Gasteiger partial charge in [0, 0.05) is 10.6 Å². The lowest BCUT2D eigenvalue weighted by molar-refractivity contribution is 0.411. The molecule has 0 unspecified atom stereocenters. The predicted octanol–water partition coefficient (Wildman–Crippen LogP) is 3.20. The van der Waals surface area contributed by atoms with Gasteiger partial charge >= 0.3 is 0 Å². The molecule has 0 aliphatic rings. The summed E-state index contributed by atoms with van der Waals surface area (Å²) >= 11 is 1.62. The molecule has 2 N–H and O–H groups in total. The van der Waals surface area contributed by atoms with Crippen LogP contribution in [0.1, 0.15) is 5.82 Å². The Kier molecular flexibility index (Phi) is 3.24. The minimum Gasteiger partial charge on any atom is -0.459 e. The van der Waals surface area contributed by atoms with Crippen LogP contribution in [-0.2, 0) is 5.75 Å². The zero-order chi connectivity index (χ0) is 13.1. The molecule has 3 rings (SSSR count). The Morgan fingerprint density at radius 1 is 1.16 bits per heavy atom. The molecule has 0 spiro atoms. The molecule has 0 amide bonds. The monoisotopic (exact) mass is 273 g/mol. The molecule has 1 aromatic carbocycles. The van der Waals surface area contributed by atoms with Crippen molar-refractivity contribution in [3.05, 3.63) is 48.5 Å². The van der Waals surface area contributed by atoms with Crippen molar-refractivity contribution in [2.45, 2.75) is 10.6 Å². The molecule has 0 radical (unpaired) electrons. The maximum atomic E-state index is 5.63. The fourth-order valence-electron chi connectivity index (χ4n) is 1.52. The highest BCUT2D eigenvalue weighted by atomic mass is 32.2. The normalized spacial score (nSPS) is 10.7. The van der Waals surface area contributed by atoms with Gasteiger partial charge in [-0.3, -0.25) is 0 Å². The van der Waals surface area contributed by atoms with E-state index in [9.17, 15) is 0 Å². The molecule has 0 aliphatic carbocycles. The number of hydrogen-bond acceptors (Lipinski definition) is 6. The first-order chi connectivity index (χ1) is 9.31. The maximum absolute atomic E-state index is 5.63. The van der Waals surface area contributed by atoms with E-state index in [2.05, 4.69) is 10.1 Å². The van der Waals surface area contributed by atoms with E-state index in [4.69, 9.17) is 14.7 Å². The summed E-state index contributed by atoms with van der Waals surface area (Å²) in [6.07, 6.45) is 1.57. The molecule has 2 heterocycles. The second-order valence-corrected chi connectivity index (χ2v) is 4.90. The van der Waals surface area contributed by atoms with E-state index in [0.29, 0.717) is 23.2 Å². The second-order valence-electron chi connectivity index (χ2n) is 3.85. The summed E-state index contributed by atoms with van der Waals surface area (Å²) < 4.78 is 10.3. The fraction of sp³-hybridized carbons (Fsp3) is 0.0769. The number of benzene rings is 1. The molecule has 2 aromatic heterocycles. The van der Waals surface area contributed by atoms with Gasteiger partial charge in [0.2, 0.25) is 0 Å². The molecule has 19 heavy (non-hydrogen) atoms. The minimum absolute atomic E-state index is 0.401. The Balaban J connectivity index is 1.66. The largest absolute Gasteiger partial charge is 0.459 e. The SMILES string of the molecule is Nc1ccc(SCc2noc(-c3ccco3)n2)cc1. The zero-order valence-corrected chi connectivity index (χ0v) is 10.8. The van der Waals surface area contributed by atoms with E-state index in [1.54, 1.807) is 30.2 Å². The van der Waals surface area contributed by atoms with Gasteiger partial charge < -0.3 is 14.7 Å². The van der Waals surface area contributed by atoms with Crippen molar-refractivity contribution in [1.29, 1.82) is 0 Å². The number of rotatable bonds is 4. The van der Waals surface area contributed by atoms with Gasteiger partial charge in [-0.15, -0.1) is 11.8 Å². The molecule has 0 aliphatic heterocycles. The summed E-state index contributed by atoms with van der Waals surface area (Å²) in [5.74, 6) is 2.25. The van der Waals surface area contributed by atoms with Gasteiger partial charge in [0.1, 0.15) is 0 Å². The molecule has 0 atom stereocenters. The van der Waals surface area contributed by atoms with Crippen molar-refractivity contribution in [2.75, 3.05) is 5.73 Å². The van der Waals surface area contributed by atoms with Crippen LogP contribution in [0.3, 0.4) is 0 Å². The predicted molar refractivity (Wildman–Crippen MR) is 72.4 cm³/mol. The Bertz CT molecular complexity index is 647. The molecular formula is C13H11N3O2S. The first-order valence-corrected chi connectivity index (χ1v) is 6.64. The summed E-state index contributed by atoms with van der Waals surface area (Å²) in [4.78, 5) is 5.38. The van der Waals surface area contributed by atoms with E-state index in [0.717, 1.165) is 10.6 Å². The average Bonchev–Trinajstić information content (AvgIpc) is 3.09. The number of nitrogen functional groups attached to an aromatic ring is 1. The number of hydrogen-bond donors (Lipinski definition) is 1. The Morgan fingerprint density at radius 2 is 2.00 bits per heavy atom. The lowest BCUT2D eigenvalue weighted by Crippen LogP contribution is -1.85. The third-order valence-electron chi connectivity index (χ3n) is 2.45. The van der Waals surface area contributed by atoms with E-state index >= 15 is 0 Å². The molecule has 0 fully saturated rings. The lowest BCUT2D eigenvalue weighted by Gasteiger charge is -1.98. The third-order valence-corrected chi connectivity index (χ3v) is 3.46. The smallest absolute Gasteiger partial charge is 0.293 e. The Hall–Kier alpha value is -2.21. The molecule has 0 bridgehead atoms. The maximum Gasteiger partial charge on any atom is 0.293 e. The quantitative estimate of drug-likeness (QED) is 0.581. The van der Waals surface area contributed by atoms with Gasteiger partial charge in [-0.2, -0.15) is 4.98 Å². The van der Waals surface area contributed by atoms with Crippen molar-refractivity contribution in [1.82, 2.24) is 10.1 Å². The van der Waals surface area contributed by atoms with E-state index < -0.39 is 0 Å². The van der Waals surface area contributed by atoms with Crippen molar-refractivity contribution in [2.24, 2.45) is 0 Å². The zero-order valence-electron chi connectivity index (χ0n) is 9.95. The highest BCUT2D eigenvalue weighted by Gasteiger charge is 2.11. The van der Waals surface area contributed by atoms with Crippen molar-refractivity contribution < 1.29 is 8.94 Å². The van der Waals surface area contributed by atoms with Gasteiger partial charge in [0.15, 0.2) is 11.6 Å². The van der Waals surface area contributed by atoms with Crippen molar-refractivity contribution >= 4 is 17.4 Å². The van der Waals surface area contributed by atoms with Gasteiger partial charge in [0.05, 0.1) is 12.0 Å². The molecular weight excluding hydrogens is 262 g/mol. The Morgan fingerprint density at radius 3 is 2.74 bits per heavy atom. The highest BCUT2D eigenvalue weighted by Crippen LogP contribution is 2.24. The van der Waals surface area contributed by atoms with Gasteiger partial charge in [-0.05, 0) is 36.4 Å². The van der Waals surface area contributed by atoms with E-state index in [-0.39, 0.29) is 0 Å². The van der Waals surface area contributed by atoms with Crippen LogP contribution in [0, 0.1) is 0 Å². The van der Waals surface area contributed by atoms with Crippen LogP contribution >= 0.6 is 11.8 Å². The molecule has 96 valence electrons. The fourth-order valence-corrected chi connectivity index (χ4v) is 2.27. The highest BCUT2D eigenvalue weighted by molar-refractivity contribution is 7.98. The topological polar surface area (TPSA) is 78.1 Å². The standard InChI is InChI=1S/C13H11N3O2S/c14-9-3-5-10(6-4-9)19-8-12-15-13(18-16-12)11-2-1-7-17-11/h1-7H,8,14H2. The lowest BCUT2D eigenvalue weighted by atomic mass is 10.3. The number of aromatic nitrogens is 2. The second kappa shape index (κ2) is 5.19. The van der Waals surface area contributed by atoms with Crippen LogP contribution in [0.25, 0.3) is 11.7 Å². The summed E-state index contributed by atoms with van der Waals surface area (Å²) in [5.41, 5.74) is 6.39. The van der Waals surface area contributed by atoms with Gasteiger partial charge in [-0.1, -0.05) is 5.16 Å². The van der Waals surface area contributed by atoms with Crippen LogP contribution in [0.2, 0.25) is 0 Å². The summed E-state index contributed by atoms with van der Waals surface area (Å²) in [7, 11) is 0. The van der Waals surface area contributed by atoms with Gasteiger partial charge in [-0.25, -0.2) is 0 Å². The van der Waals surface area contributed by atoms with Gasteiger partial charge in [0.25, 0.3) is 5.89 Å². The summed E-state index contributed by atoms with van der Waals surface area (Å²) in [6, 6.07) is 11.2. The van der Waals surface area contributed by atoms with E-state index in [1.165, 1.54) is 0 Å². The number of nitrogens with two attached hydrogens (primary N) is 1. The molecule has 3 aromatic rings. The number of nitrogens with zero attached hydrogens (tertiary/aromatic N) is 2. The Labute approximate surface area is 113 Å². The summed E-state index contributed by atoms with van der Waals surface area (Å²) in [6.45, 7) is 0. The number of furan rings is 1. The van der Waals surface area contributed by atoms with Crippen LogP contribution < -0.4 is 5.73 Å². The molecule has 5 nitrogen and oxygen atoms in total. The average molecular weight is 273 g/mol. The first-order valence-electron chi connectivity index (χ1n) is 5.66. The molecule has 0 saturated carbocycles. The third kappa shape index (κ3) is 2.79. The molecule has 6 heteroatoms. The first kappa shape index (κ1) is 11.9. The van der Waals surface area contributed by atoms with Crippen LogP contribution in [0.5, 0.6) is 0 Å². The molecule has 0 saturated heterocycles. The van der Waals surface area contributed by atoms with Crippen LogP contribution in [-0.4, -0.2) is 10.1 Å². The van der Waals surface area contributed by atoms with Crippen molar-refractivity contribution in [3.63, 3.8) is 0 Å².